The van der Waals surface area contributed by atoms with E-state index in [1.807, 2.05) is 30.3 Å². The zero-order chi connectivity index (χ0) is 20.6. The van der Waals surface area contributed by atoms with Gasteiger partial charge < -0.3 is 4.74 Å². The number of fused-ring (bicyclic) bond motifs is 1. The Morgan fingerprint density at radius 2 is 1.66 bits per heavy atom. The van der Waals surface area contributed by atoms with Gasteiger partial charge in [0.25, 0.3) is 0 Å². The number of ether oxygens (including phenoxy) is 1. The van der Waals surface area contributed by atoms with Gasteiger partial charge >= 0.3 is 6.36 Å². The number of hydrogen-bond donors (Lipinski definition) is 0. The molecule has 9 heteroatoms. The Labute approximate surface area is 169 Å². The molecule has 1 aromatic heterocycles. The molecule has 0 saturated carbocycles. The second kappa shape index (κ2) is 7.22. The molecule has 0 amide bonds. The molecule has 2 heterocycles. The highest BCUT2D eigenvalue weighted by molar-refractivity contribution is 7.99. The van der Waals surface area contributed by atoms with Crippen LogP contribution in [-0.4, -0.2) is 32.7 Å². The van der Waals surface area contributed by atoms with E-state index in [1.165, 1.54) is 23.9 Å². The molecule has 0 aliphatic carbocycles. The van der Waals surface area contributed by atoms with Crippen molar-refractivity contribution in [1.29, 1.82) is 0 Å². The first-order valence-corrected chi connectivity index (χ1v) is 9.81. The maximum Gasteiger partial charge on any atom is 0.573 e. The molecule has 0 N–H and O–H groups in total. The lowest BCUT2D eigenvalue weighted by atomic mass is 9.84. The number of alkyl halides is 3. The summed E-state index contributed by atoms with van der Waals surface area (Å²) in [6, 6.07) is 15.7. The molecule has 0 radical (unpaired) electrons. The van der Waals surface area contributed by atoms with Gasteiger partial charge in [-0.25, -0.2) is 0 Å². The van der Waals surface area contributed by atoms with Crippen molar-refractivity contribution in [3.63, 3.8) is 0 Å². The van der Waals surface area contributed by atoms with Crippen LogP contribution in [0.15, 0.2) is 64.9 Å². The van der Waals surface area contributed by atoms with E-state index in [0.717, 1.165) is 16.8 Å². The summed E-state index contributed by atoms with van der Waals surface area (Å²) < 4.78 is 42.7. The first kappa shape index (κ1) is 19.5. The van der Waals surface area contributed by atoms with Crippen molar-refractivity contribution in [2.24, 2.45) is 5.10 Å². The topological polar surface area (TPSA) is 52.3 Å². The van der Waals surface area contributed by atoms with E-state index in [0.29, 0.717) is 16.7 Å². The quantitative estimate of drug-likeness (QED) is 0.607. The van der Waals surface area contributed by atoms with Crippen molar-refractivity contribution in [3.05, 3.63) is 71.5 Å². The van der Waals surface area contributed by atoms with Gasteiger partial charge in [0.2, 0.25) is 5.16 Å². The number of thioether (sulfide) groups is 1. The Morgan fingerprint density at radius 3 is 2.31 bits per heavy atom. The van der Waals surface area contributed by atoms with Crippen molar-refractivity contribution in [3.8, 4) is 5.75 Å². The summed E-state index contributed by atoms with van der Waals surface area (Å²) in [5.41, 5.74) is 2.10. The second-order valence-corrected chi connectivity index (χ2v) is 7.96. The van der Waals surface area contributed by atoms with Gasteiger partial charge in [0.15, 0.2) is 5.82 Å². The van der Waals surface area contributed by atoms with Crippen LogP contribution in [0.4, 0.5) is 13.2 Å². The minimum atomic E-state index is -4.71. The van der Waals surface area contributed by atoms with E-state index in [-0.39, 0.29) is 5.75 Å². The third-order valence-electron chi connectivity index (χ3n) is 4.65. The maximum absolute atomic E-state index is 12.4. The van der Waals surface area contributed by atoms with Gasteiger partial charge in [-0.3, -0.25) is 0 Å². The molecule has 1 aliphatic rings. The number of hydrogen-bond acceptors (Lipinski definition) is 5. The number of rotatable bonds is 4. The summed E-state index contributed by atoms with van der Waals surface area (Å²) in [6.45, 7) is 4.11. The van der Waals surface area contributed by atoms with Crippen LogP contribution in [0.5, 0.6) is 5.75 Å². The summed E-state index contributed by atoms with van der Waals surface area (Å²) in [7, 11) is 0. The van der Waals surface area contributed by atoms with Gasteiger partial charge in [0, 0.05) is 5.75 Å². The Balaban J connectivity index is 1.67. The van der Waals surface area contributed by atoms with Crippen LogP contribution in [0.25, 0.3) is 0 Å². The first-order chi connectivity index (χ1) is 13.7. The molecular weight excluding hydrogens is 401 g/mol. The van der Waals surface area contributed by atoms with Crippen LogP contribution in [0.2, 0.25) is 0 Å². The number of nitrogens with zero attached hydrogens (tertiary/aromatic N) is 4. The molecule has 150 valence electrons. The zero-order valence-corrected chi connectivity index (χ0v) is 16.5. The van der Waals surface area contributed by atoms with Crippen molar-refractivity contribution in [1.82, 2.24) is 14.9 Å². The Bertz CT molecular complexity index is 1040. The Hall–Kier alpha value is -2.81. The zero-order valence-electron chi connectivity index (χ0n) is 15.6. The van der Waals surface area contributed by atoms with Gasteiger partial charge in [-0.1, -0.05) is 42.1 Å². The second-order valence-electron chi connectivity index (χ2n) is 7.02. The van der Waals surface area contributed by atoms with Crippen molar-refractivity contribution < 1.29 is 17.9 Å². The molecule has 2 aromatic carbocycles. The van der Waals surface area contributed by atoms with E-state index in [2.05, 4.69) is 28.8 Å². The van der Waals surface area contributed by atoms with Crippen LogP contribution in [0.1, 0.15) is 30.8 Å². The molecular formula is C20H17F3N4OS. The predicted molar refractivity (Wildman–Crippen MR) is 104 cm³/mol. The smallest absolute Gasteiger partial charge is 0.406 e. The summed E-state index contributed by atoms with van der Waals surface area (Å²) in [5.74, 6) is 0.977. The largest absolute Gasteiger partial charge is 0.573 e. The van der Waals surface area contributed by atoms with Crippen LogP contribution < -0.4 is 4.74 Å². The molecule has 3 aromatic rings. The number of benzene rings is 2. The molecule has 29 heavy (non-hydrogen) atoms. The normalized spacial score (nSPS) is 14.3. The monoisotopic (exact) mass is 418 g/mol. The molecule has 0 unspecified atom stereocenters. The minimum absolute atomic E-state index is 0.263. The molecule has 0 saturated heterocycles. The van der Waals surface area contributed by atoms with Gasteiger partial charge in [-0.05, 0) is 49.2 Å². The van der Waals surface area contributed by atoms with E-state index >= 15 is 0 Å². The average molecular weight is 418 g/mol. The van der Waals surface area contributed by atoms with E-state index in [9.17, 15) is 13.2 Å². The summed E-state index contributed by atoms with van der Waals surface area (Å²) >= 11 is 1.49. The average Bonchev–Trinajstić information content (AvgIpc) is 3.12. The van der Waals surface area contributed by atoms with Crippen molar-refractivity contribution in [2.75, 3.05) is 5.75 Å². The molecule has 0 bridgehead atoms. The number of aromatic nitrogens is 3. The lowest BCUT2D eigenvalue weighted by Crippen LogP contribution is -2.25. The summed E-state index contributed by atoms with van der Waals surface area (Å²) in [4.78, 5) is 0. The number of halogens is 3. The van der Waals surface area contributed by atoms with Crippen LogP contribution in [0, 0.1) is 0 Å². The molecule has 0 spiro atoms. The molecule has 5 nitrogen and oxygen atoms in total. The van der Waals surface area contributed by atoms with Crippen LogP contribution in [-0.2, 0) is 5.41 Å². The van der Waals surface area contributed by atoms with Gasteiger partial charge in [0.05, 0.1) is 11.1 Å². The molecule has 4 rings (SSSR count). The lowest BCUT2D eigenvalue weighted by molar-refractivity contribution is -0.274. The highest BCUT2D eigenvalue weighted by atomic mass is 32.2. The highest BCUT2D eigenvalue weighted by Gasteiger charge is 2.33. The molecule has 0 atom stereocenters. The van der Waals surface area contributed by atoms with E-state index in [4.69, 9.17) is 5.10 Å². The standard InChI is InChI=1S/C20H17F3N4OS/c1-19(2,14-6-4-3-5-7-14)17-24-25-18-27(17)26-16(12-29-18)13-8-10-15(11-9-13)28-20(21,22)23/h3-11H,12H2,1-2H3. The Morgan fingerprint density at radius 1 is 0.966 bits per heavy atom. The van der Waals surface area contributed by atoms with E-state index in [1.54, 1.807) is 16.8 Å². The maximum atomic E-state index is 12.4. The fourth-order valence-electron chi connectivity index (χ4n) is 3.09. The minimum Gasteiger partial charge on any atom is -0.406 e. The summed E-state index contributed by atoms with van der Waals surface area (Å²) in [6.07, 6.45) is -4.71. The van der Waals surface area contributed by atoms with Gasteiger partial charge in [0.1, 0.15) is 5.75 Å². The first-order valence-electron chi connectivity index (χ1n) is 8.82. The third-order valence-corrected chi connectivity index (χ3v) is 5.58. The lowest BCUT2D eigenvalue weighted by Gasteiger charge is -2.25. The Kier molecular flexibility index (Phi) is 4.85. The van der Waals surface area contributed by atoms with E-state index < -0.39 is 11.8 Å². The van der Waals surface area contributed by atoms with Crippen molar-refractivity contribution >= 4 is 17.5 Å². The molecule has 1 aliphatic heterocycles. The molecule has 0 fully saturated rings. The fourth-order valence-corrected chi connectivity index (χ4v) is 3.93. The fraction of sp³-hybridized carbons (Fsp3) is 0.250. The van der Waals surface area contributed by atoms with Crippen LogP contribution >= 0.6 is 11.8 Å². The summed E-state index contributed by atoms with van der Waals surface area (Å²) in [5, 5.41) is 14.0. The SMILES string of the molecule is CC(C)(c1ccccc1)c1nnc2n1N=C(c1ccc(OC(F)(F)F)cc1)CS2. The van der Waals surface area contributed by atoms with Crippen LogP contribution in [0.3, 0.4) is 0 Å². The predicted octanol–water partition coefficient (Wildman–Crippen LogP) is 4.86. The third kappa shape index (κ3) is 4.00. The van der Waals surface area contributed by atoms with Gasteiger partial charge in [-0.2, -0.15) is 9.78 Å². The van der Waals surface area contributed by atoms with Gasteiger partial charge in [-0.15, -0.1) is 23.4 Å². The van der Waals surface area contributed by atoms with Crippen molar-refractivity contribution in [2.45, 2.75) is 30.8 Å². The highest BCUT2D eigenvalue weighted by Crippen LogP contribution is 2.34.